The Morgan fingerprint density at radius 2 is 2.09 bits per heavy atom. The van der Waals surface area contributed by atoms with Gasteiger partial charge in [-0.25, -0.2) is 8.42 Å². The Labute approximate surface area is 137 Å². The Bertz CT molecular complexity index is 702. The molecule has 0 aromatic rings. The van der Waals surface area contributed by atoms with Crippen LogP contribution in [-0.2, 0) is 29.0 Å². The van der Waals surface area contributed by atoms with Gasteiger partial charge in [0.1, 0.15) is 12.2 Å². The number of carbonyl (C=O) groups excluding carboxylic acids is 2. The minimum atomic E-state index is -3.74. The number of β-lactam (4-membered cyclic amide) rings is 1. The second-order valence-corrected chi connectivity index (χ2v) is 7.57. The van der Waals surface area contributed by atoms with Crippen molar-refractivity contribution >= 4 is 39.2 Å². The van der Waals surface area contributed by atoms with Crippen LogP contribution in [0.15, 0.2) is 11.3 Å². The Morgan fingerprint density at radius 1 is 1.48 bits per heavy atom. The molecule has 2 aliphatic rings. The summed E-state index contributed by atoms with van der Waals surface area (Å²) in [5.41, 5.74) is -0.116. The van der Waals surface area contributed by atoms with Crippen LogP contribution in [0.5, 0.6) is 0 Å². The molecule has 1 saturated heterocycles. The van der Waals surface area contributed by atoms with Crippen molar-refractivity contribution < 1.29 is 32.6 Å². The van der Waals surface area contributed by atoms with Crippen LogP contribution in [0.4, 0.5) is 0 Å². The first-order valence-corrected chi connectivity index (χ1v) is 8.73. The average molecular weight is 367 g/mol. The van der Waals surface area contributed by atoms with E-state index in [0.29, 0.717) is 0 Å². The lowest BCUT2D eigenvalue weighted by atomic mass is 10.0. The maximum Gasteiger partial charge on any atom is 0.323 e. The van der Waals surface area contributed by atoms with E-state index in [9.17, 15) is 22.8 Å². The van der Waals surface area contributed by atoms with E-state index >= 15 is 0 Å². The zero-order valence-corrected chi connectivity index (χ0v) is 13.9. The highest BCUT2D eigenvalue weighted by Crippen LogP contribution is 2.38. The molecule has 0 aliphatic carbocycles. The quantitative estimate of drug-likeness (QED) is 0.470. The molecule has 0 unspecified atom stereocenters. The normalized spacial score (nSPS) is 25.7. The Hall–Kier alpha value is -1.65. The number of carboxylic acid groups (broad SMARTS) is 1. The number of hydrogen-bond donors (Lipinski definition) is 1. The summed E-state index contributed by atoms with van der Waals surface area (Å²) in [6.07, 6.45) is -1.18. The van der Waals surface area contributed by atoms with Gasteiger partial charge in [-0.2, -0.15) is 0 Å². The van der Waals surface area contributed by atoms with Crippen LogP contribution >= 0.6 is 11.6 Å². The Balaban J connectivity index is 2.47. The first kappa shape index (κ1) is 17.7. The fourth-order valence-corrected chi connectivity index (χ4v) is 4.98. The molecule has 1 fully saturated rings. The summed E-state index contributed by atoms with van der Waals surface area (Å²) in [5.74, 6) is -3.43. The van der Waals surface area contributed by atoms with Crippen LogP contribution in [0.25, 0.3) is 0 Å². The van der Waals surface area contributed by atoms with Gasteiger partial charge in [0.05, 0.1) is 5.75 Å². The number of amides is 2. The van der Waals surface area contributed by atoms with Crippen molar-refractivity contribution in [2.75, 3.05) is 32.3 Å². The topological polar surface area (TPSA) is 121 Å². The summed E-state index contributed by atoms with van der Waals surface area (Å²) in [6, 6.07) is 0. The second kappa shape index (κ2) is 6.10. The number of likely N-dealkylation sites (N-methyl/N-ethyl adjacent to an activating group) is 1. The van der Waals surface area contributed by atoms with Crippen molar-refractivity contribution in [1.82, 2.24) is 9.80 Å². The van der Waals surface area contributed by atoms with Gasteiger partial charge in [-0.3, -0.25) is 19.3 Å². The van der Waals surface area contributed by atoms with Gasteiger partial charge in [0, 0.05) is 20.0 Å². The number of methoxy groups -OCH3 is 1. The molecule has 2 aliphatic heterocycles. The standard InChI is InChI=1S/C12H15ClN2O7S/c1-14(4-7(16)17)10(18)8-6(3-13)5-23(20,21)12-9(22-2)11(19)15(8)12/h9,12H,3-5H2,1-2H3,(H,16,17)/t9-,12+/m0/s1. The summed E-state index contributed by atoms with van der Waals surface area (Å²) < 4.78 is 29.4. The number of sulfone groups is 1. The molecule has 2 atom stereocenters. The predicted octanol–water partition coefficient (Wildman–Crippen LogP) is -1.37. The highest BCUT2D eigenvalue weighted by atomic mass is 35.5. The zero-order valence-electron chi connectivity index (χ0n) is 12.4. The molecular formula is C12H15ClN2O7S. The fraction of sp³-hybridized carbons (Fsp3) is 0.583. The number of ether oxygens (including phenoxy) is 1. The third kappa shape index (κ3) is 2.81. The van der Waals surface area contributed by atoms with Gasteiger partial charge in [-0.05, 0) is 5.57 Å². The molecule has 0 radical (unpaired) electrons. The number of hydrogen-bond acceptors (Lipinski definition) is 6. The Kier molecular flexibility index (Phi) is 4.69. The number of carbonyl (C=O) groups is 3. The summed E-state index contributed by atoms with van der Waals surface area (Å²) in [4.78, 5) is 37.0. The Morgan fingerprint density at radius 3 is 2.57 bits per heavy atom. The third-order valence-electron chi connectivity index (χ3n) is 3.65. The highest BCUT2D eigenvalue weighted by molar-refractivity contribution is 7.92. The monoisotopic (exact) mass is 366 g/mol. The minimum absolute atomic E-state index is 0.0630. The van der Waals surface area contributed by atoms with E-state index in [2.05, 4.69) is 0 Å². The minimum Gasteiger partial charge on any atom is -0.480 e. The molecule has 2 rings (SSSR count). The van der Waals surface area contributed by atoms with Crippen LogP contribution in [0, 0.1) is 0 Å². The average Bonchev–Trinajstić information content (AvgIpc) is 2.45. The lowest BCUT2D eigenvalue weighted by Crippen LogP contribution is -2.71. The van der Waals surface area contributed by atoms with Crippen molar-refractivity contribution in [3.05, 3.63) is 11.3 Å². The maximum atomic E-state index is 12.5. The lowest BCUT2D eigenvalue weighted by molar-refractivity contribution is -0.161. The van der Waals surface area contributed by atoms with Crippen LogP contribution in [-0.4, -0.2) is 84.9 Å². The van der Waals surface area contributed by atoms with E-state index in [1.807, 2.05) is 0 Å². The highest BCUT2D eigenvalue weighted by Gasteiger charge is 2.60. The van der Waals surface area contributed by atoms with E-state index in [4.69, 9.17) is 21.4 Å². The summed E-state index contributed by atoms with van der Waals surface area (Å²) >= 11 is 5.73. The molecule has 2 heterocycles. The number of fused-ring (bicyclic) bond motifs is 1. The van der Waals surface area contributed by atoms with E-state index in [1.165, 1.54) is 14.2 Å². The number of nitrogens with zero attached hydrogens (tertiary/aromatic N) is 2. The molecule has 128 valence electrons. The molecule has 9 nitrogen and oxygen atoms in total. The maximum absolute atomic E-state index is 12.5. The van der Waals surface area contributed by atoms with Gasteiger partial charge in [0.15, 0.2) is 21.3 Å². The van der Waals surface area contributed by atoms with Crippen LogP contribution in [0.1, 0.15) is 0 Å². The van der Waals surface area contributed by atoms with E-state index in [0.717, 1.165) is 9.80 Å². The molecule has 0 bridgehead atoms. The van der Waals surface area contributed by atoms with Crippen LogP contribution < -0.4 is 0 Å². The van der Waals surface area contributed by atoms with Crippen molar-refractivity contribution in [2.24, 2.45) is 0 Å². The number of alkyl halides is 1. The van der Waals surface area contributed by atoms with Crippen molar-refractivity contribution in [2.45, 2.75) is 11.5 Å². The van der Waals surface area contributed by atoms with Gasteiger partial charge in [-0.1, -0.05) is 0 Å². The van der Waals surface area contributed by atoms with Crippen LogP contribution in [0.3, 0.4) is 0 Å². The van der Waals surface area contributed by atoms with E-state index < -0.39 is 51.4 Å². The van der Waals surface area contributed by atoms with Gasteiger partial charge in [0.25, 0.3) is 11.8 Å². The zero-order chi connectivity index (χ0) is 17.5. The predicted molar refractivity (Wildman–Crippen MR) is 78.2 cm³/mol. The van der Waals surface area contributed by atoms with Crippen LogP contribution in [0.2, 0.25) is 0 Å². The van der Waals surface area contributed by atoms with E-state index in [1.54, 1.807) is 0 Å². The number of aliphatic carboxylic acids is 1. The molecule has 0 spiro atoms. The summed E-state index contributed by atoms with van der Waals surface area (Å²) in [7, 11) is -1.30. The fourth-order valence-electron chi connectivity index (χ4n) is 2.62. The SMILES string of the molecule is CO[C@H]1C(=O)N2C(C(=O)N(C)CC(=O)O)=C(CCl)CS(=O)(=O)[C@H]12. The molecule has 1 N–H and O–H groups in total. The van der Waals surface area contributed by atoms with Gasteiger partial charge in [-0.15, -0.1) is 11.6 Å². The molecule has 0 aromatic heterocycles. The van der Waals surface area contributed by atoms with Crippen molar-refractivity contribution in [3.8, 4) is 0 Å². The molecule has 2 amide bonds. The lowest BCUT2D eigenvalue weighted by Gasteiger charge is -2.49. The first-order valence-electron chi connectivity index (χ1n) is 6.48. The smallest absolute Gasteiger partial charge is 0.323 e. The third-order valence-corrected chi connectivity index (χ3v) is 5.92. The number of rotatable bonds is 5. The van der Waals surface area contributed by atoms with Crippen molar-refractivity contribution in [3.63, 3.8) is 0 Å². The molecule has 11 heteroatoms. The van der Waals surface area contributed by atoms with Crippen molar-refractivity contribution in [1.29, 1.82) is 0 Å². The van der Waals surface area contributed by atoms with E-state index in [-0.39, 0.29) is 17.2 Å². The molecular weight excluding hydrogens is 352 g/mol. The summed E-state index contributed by atoms with van der Waals surface area (Å²) in [6.45, 7) is -0.592. The van der Waals surface area contributed by atoms with Gasteiger partial charge in [0.2, 0.25) is 0 Å². The largest absolute Gasteiger partial charge is 0.480 e. The number of carboxylic acids is 1. The molecule has 0 aromatic carbocycles. The second-order valence-electron chi connectivity index (χ2n) is 5.20. The summed E-state index contributed by atoms with van der Waals surface area (Å²) in [5, 5.41) is 7.48. The van der Waals surface area contributed by atoms with Gasteiger partial charge < -0.3 is 14.7 Å². The molecule has 0 saturated carbocycles. The molecule has 23 heavy (non-hydrogen) atoms. The first-order chi connectivity index (χ1) is 10.7. The number of halogens is 1. The van der Waals surface area contributed by atoms with Gasteiger partial charge >= 0.3 is 5.97 Å².